The number of aliphatic carboxylic acids is 1. The van der Waals surface area contributed by atoms with Gasteiger partial charge in [0.1, 0.15) is 5.82 Å². The molecule has 7 nitrogen and oxygen atoms in total. The van der Waals surface area contributed by atoms with E-state index in [1.807, 2.05) is 0 Å². The molecule has 8 heteroatoms. The highest BCUT2D eigenvalue weighted by Gasteiger charge is 2.24. The molecule has 0 aliphatic heterocycles. The number of rotatable bonds is 6. The van der Waals surface area contributed by atoms with Gasteiger partial charge in [0.2, 0.25) is 0 Å². The summed E-state index contributed by atoms with van der Waals surface area (Å²) in [5, 5.41) is 17.3. The zero-order valence-corrected chi connectivity index (χ0v) is 15.2. The molecular weight excluding hydrogens is 365 g/mol. The average molecular weight is 385 g/mol. The number of carboxylic acid groups (broad SMARTS) is 1. The fourth-order valence-electron chi connectivity index (χ4n) is 2.67. The highest BCUT2D eigenvalue weighted by atomic mass is 19.1. The van der Waals surface area contributed by atoms with Crippen LogP contribution in [0.4, 0.5) is 14.9 Å². The second-order valence-electron chi connectivity index (χ2n) is 6.71. The Kier molecular flexibility index (Phi) is 5.58. The first-order valence-electron chi connectivity index (χ1n) is 8.81. The van der Waals surface area contributed by atoms with Crippen molar-refractivity contribution in [1.29, 1.82) is 0 Å². The molecule has 0 radical (unpaired) electrons. The molecule has 3 amide bonds. The Balaban J connectivity index is 1.72. The third kappa shape index (κ3) is 4.85. The van der Waals surface area contributed by atoms with Crippen molar-refractivity contribution in [2.24, 2.45) is 0 Å². The lowest BCUT2D eigenvalue weighted by Gasteiger charge is -2.16. The second kappa shape index (κ2) is 8.08. The van der Waals surface area contributed by atoms with Gasteiger partial charge in [-0.3, -0.25) is 4.79 Å². The van der Waals surface area contributed by atoms with E-state index >= 15 is 0 Å². The Morgan fingerprint density at radius 1 is 1.14 bits per heavy atom. The van der Waals surface area contributed by atoms with Crippen molar-refractivity contribution in [2.75, 3.05) is 5.32 Å². The van der Waals surface area contributed by atoms with Gasteiger partial charge in [-0.25, -0.2) is 14.0 Å². The van der Waals surface area contributed by atoms with E-state index in [1.165, 1.54) is 31.2 Å². The zero-order valence-electron chi connectivity index (χ0n) is 15.2. The van der Waals surface area contributed by atoms with Crippen LogP contribution in [-0.2, 0) is 4.79 Å². The van der Waals surface area contributed by atoms with Crippen molar-refractivity contribution in [1.82, 2.24) is 10.6 Å². The predicted octanol–water partition coefficient (Wildman–Crippen LogP) is 2.97. The summed E-state index contributed by atoms with van der Waals surface area (Å²) in [5.41, 5.74) is 1.15. The van der Waals surface area contributed by atoms with Crippen molar-refractivity contribution in [2.45, 2.75) is 31.8 Å². The summed E-state index contributed by atoms with van der Waals surface area (Å²) in [5.74, 6) is -2.35. The number of anilines is 1. The molecule has 4 N–H and O–H groups in total. The number of aryl methyl sites for hydroxylation is 1. The lowest BCUT2D eigenvalue weighted by Crippen LogP contribution is -2.34. The number of carbonyl (C=O) groups is 3. The number of carbonyl (C=O) groups excluding carboxylic acids is 2. The molecule has 0 saturated heterocycles. The summed E-state index contributed by atoms with van der Waals surface area (Å²) in [6.07, 6.45) is 1.91. The number of amides is 3. The molecule has 1 fully saturated rings. The number of hydrogen-bond acceptors (Lipinski definition) is 3. The Labute approximate surface area is 160 Å². The minimum absolute atomic E-state index is 0.189. The number of benzene rings is 2. The fourth-order valence-corrected chi connectivity index (χ4v) is 2.67. The van der Waals surface area contributed by atoms with Gasteiger partial charge < -0.3 is 21.1 Å². The van der Waals surface area contributed by atoms with E-state index in [-0.39, 0.29) is 28.8 Å². The smallest absolute Gasteiger partial charge is 0.330 e. The molecule has 3 rings (SSSR count). The summed E-state index contributed by atoms with van der Waals surface area (Å²) in [7, 11) is 0. The molecule has 0 aromatic heterocycles. The van der Waals surface area contributed by atoms with Crippen molar-refractivity contribution in [3.8, 4) is 0 Å². The van der Waals surface area contributed by atoms with Gasteiger partial charge in [0.25, 0.3) is 5.91 Å². The molecular formula is C20H20FN3O4. The van der Waals surface area contributed by atoms with Crippen LogP contribution < -0.4 is 16.0 Å². The van der Waals surface area contributed by atoms with Crippen LogP contribution in [0.1, 0.15) is 40.4 Å². The first kappa shape index (κ1) is 19.3. The van der Waals surface area contributed by atoms with Gasteiger partial charge in [-0.1, -0.05) is 18.2 Å². The summed E-state index contributed by atoms with van der Waals surface area (Å²) >= 11 is 0. The molecule has 0 heterocycles. The maximum Gasteiger partial charge on any atom is 0.330 e. The third-order valence-corrected chi connectivity index (χ3v) is 4.33. The minimum atomic E-state index is -1.33. The number of carboxylic acids is 1. The fraction of sp³-hybridized carbons (Fsp3) is 0.250. The van der Waals surface area contributed by atoms with E-state index in [9.17, 15) is 23.9 Å². The van der Waals surface area contributed by atoms with E-state index < -0.39 is 23.7 Å². The maximum absolute atomic E-state index is 13.4. The predicted molar refractivity (Wildman–Crippen MR) is 101 cm³/mol. The van der Waals surface area contributed by atoms with Gasteiger partial charge in [0.15, 0.2) is 6.04 Å². The van der Waals surface area contributed by atoms with E-state index in [1.54, 1.807) is 12.1 Å². The zero-order chi connectivity index (χ0) is 20.3. The second-order valence-corrected chi connectivity index (χ2v) is 6.71. The molecule has 1 atom stereocenters. The van der Waals surface area contributed by atoms with Crippen molar-refractivity contribution in [3.63, 3.8) is 0 Å². The number of halogens is 1. The molecule has 28 heavy (non-hydrogen) atoms. The van der Waals surface area contributed by atoms with Crippen LogP contribution in [0, 0.1) is 12.7 Å². The summed E-state index contributed by atoms with van der Waals surface area (Å²) in [6.45, 7) is 1.52. The van der Waals surface area contributed by atoms with Crippen molar-refractivity contribution < 1.29 is 23.9 Å². The average Bonchev–Trinajstić information content (AvgIpc) is 3.45. The number of nitrogens with one attached hydrogen (secondary N) is 3. The first-order valence-corrected chi connectivity index (χ1v) is 8.81. The topological polar surface area (TPSA) is 108 Å². The van der Waals surface area contributed by atoms with Crippen LogP contribution in [-0.4, -0.2) is 29.1 Å². The van der Waals surface area contributed by atoms with Crippen molar-refractivity contribution >= 4 is 23.6 Å². The van der Waals surface area contributed by atoms with Crippen LogP contribution in [0.25, 0.3) is 0 Å². The van der Waals surface area contributed by atoms with Gasteiger partial charge in [0.05, 0.1) is 0 Å². The molecule has 0 bridgehead atoms. The summed E-state index contributed by atoms with van der Waals surface area (Å²) in [6, 6.07) is 8.55. The van der Waals surface area contributed by atoms with Crippen LogP contribution >= 0.6 is 0 Å². The molecule has 0 spiro atoms. The van der Waals surface area contributed by atoms with E-state index in [4.69, 9.17) is 0 Å². The number of hydrogen-bond donors (Lipinski definition) is 4. The quantitative estimate of drug-likeness (QED) is 0.613. The van der Waals surface area contributed by atoms with Crippen LogP contribution in [0.3, 0.4) is 0 Å². The Hall–Kier alpha value is -3.42. The van der Waals surface area contributed by atoms with Gasteiger partial charge in [0, 0.05) is 17.3 Å². The highest BCUT2D eigenvalue weighted by molar-refractivity contribution is 5.98. The minimum Gasteiger partial charge on any atom is -0.479 e. The SMILES string of the molecule is Cc1cc(C(NC(=O)c2cccc(NC(=O)NC3CC3)c2)C(=O)O)ccc1F. The van der Waals surface area contributed by atoms with Crippen molar-refractivity contribution in [3.05, 3.63) is 65.0 Å². The molecule has 1 aliphatic rings. The normalized spacial score (nSPS) is 14.1. The first-order chi connectivity index (χ1) is 13.3. The van der Waals surface area contributed by atoms with Crippen LogP contribution in [0.2, 0.25) is 0 Å². The van der Waals surface area contributed by atoms with Crippen LogP contribution in [0.15, 0.2) is 42.5 Å². The molecule has 146 valence electrons. The third-order valence-electron chi connectivity index (χ3n) is 4.33. The maximum atomic E-state index is 13.4. The van der Waals surface area contributed by atoms with E-state index in [0.29, 0.717) is 5.69 Å². The Morgan fingerprint density at radius 3 is 2.54 bits per heavy atom. The summed E-state index contributed by atoms with van der Waals surface area (Å²) in [4.78, 5) is 36.0. The van der Waals surface area contributed by atoms with Gasteiger partial charge >= 0.3 is 12.0 Å². The number of urea groups is 1. The molecule has 1 saturated carbocycles. The lowest BCUT2D eigenvalue weighted by atomic mass is 10.0. The monoisotopic (exact) mass is 385 g/mol. The van der Waals surface area contributed by atoms with Gasteiger partial charge in [-0.05, 0) is 55.2 Å². The van der Waals surface area contributed by atoms with Crippen LogP contribution in [0.5, 0.6) is 0 Å². The van der Waals surface area contributed by atoms with E-state index in [2.05, 4.69) is 16.0 Å². The molecule has 1 aliphatic carbocycles. The summed E-state index contributed by atoms with van der Waals surface area (Å²) < 4.78 is 13.4. The standard InChI is InChI=1S/C20H20FN3O4/c1-11-9-12(5-8-16(11)21)17(19(26)27)24-18(25)13-3-2-4-15(10-13)23-20(28)22-14-6-7-14/h2-5,8-10,14,17H,6-7H2,1H3,(H,24,25)(H,26,27)(H2,22,23,28). The molecule has 2 aromatic carbocycles. The van der Waals surface area contributed by atoms with Gasteiger partial charge in [-0.15, -0.1) is 0 Å². The molecule has 2 aromatic rings. The largest absolute Gasteiger partial charge is 0.479 e. The van der Waals surface area contributed by atoms with Gasteiger partial charge in [-0.2, -0.15) is 0 Å². The highest BCUT2D eigenvalue weighted by Crippen LogP contribution is 2.20. The lowest BCUT2D eigenvalue weighted by molar-refractivity contribution is -0.139. The Morgan fingerprint density at radius 2 is 1.89 bits per heavy atom. The van der Waals surface area contributed by atoms with E-state index in [0.717, 1.165) is 18.9 Å². The molecule has 1 unspecified atom stereocenters. The Bertz CT molecular complexity index is 927.